The number of amides is 2. The van der Waals surface area contributed by atoms with Crippen LogP contribution in [-0.2, 0) is 6.61 Å². The number of anilines is 1. The Labute approximate surface area is 150 Å². The van der Waals surface area contributed by atoms with E-state index in [0.717, 1.165) is 22.0 Å². The van der Waals surface area contributed by atoms with Gasteiger partial charge in [-0.25, -0.2) is 0 Å². The van der Waals surface area contributed by atoms with Gasteiger partial charge in [-0.15, -0.1) is 0 Å². The Balaban J connectivity index is 1.69. The predicted molar refractivity (Wildman–Crippen MR) is 99.4 cm³/mol. The molecule has 1 atom stereocenters. The Morgan fingerprint density at radius 2 is 2.12 bits per heavy atom. The summed E-state index contributed by atoms with van der Waals surface area (Å²) in [6.07, 6.45) is 0. The lowest BCUT2D eigenvalue weighted by Crippen LogP contribution is -2.33. The molecule has 132 valence electrons. The quantitative estimate of drug-likeness (QED) is 0.586. The molecule has 26 heavy (non-hydrogen) atoms. The fourth-order valence-corrected chi connectivity index (χ4v) is 3.43. The first-order chi connectivity index (χ1) is 12.6. The average Bonchev–Trinajstić information content (AvgIpc) is 3.05. The number of aliphatic hydroxyl groups is 1. The Morgan fingerprint density at radius 1 is 1.27 bits per heavy atom. The van der Waals surface area contributed by atoms with E-state index in [4.69, 9.17) is 0 Å². The minimum atomic E-state index is -0.232. The van der Waals surface area contributed by atoms with E-state index in [9.17, 15) is 14.7 Å². The van der Waals surface area contributed by atoms with Crippen molar-refractivity contribution in [3.8, 4) is 0 Å². The van der Waals surface area contributed by atoms with Gasteiger partial charge in [0, 0.05) is 34.6 Å². The highest BCUT2D eigenvalue weighted by Gasteiger charge is 2.27. The summed E-state index contributed by atoms with van der Waals surface area (Å²) in [5.41, 5.74) is 4.26. The van der Waals surface area contributed by atoms with Gasteiger partial charge in [0.25, 0.3) is 11.8 Å². The van der Waals surface area contributed by atoms with E-state index in [2.05, 4.69) is 22.5 Å². The Morgan fingerprint density at radius 3 is 2.92 bits per heavy atom. The van der Waals surface area contributed by atoms with Gasteiger partial charge < -0.3 is 20.7 Å². The third-order valence-corrected chi connectivity index (χ3v) is 4.76. The lowest BCUT2D eigenvalue weighted by atomic mass is 9.93. The summed E-state index contributed by atoms with van der Waals surface area (Å²) in [5, 5.41) is 15.8. The number of aromatic amines is 1. The van der Waals surface area contributed by atoms with Crippen LogP contribution in [0.15, 0.2) is 42.5 Å². The van der Waals surface area contributed by atoms with E-state index in [-0.39, 0.29) is 24.3 Å². The van der Waals surface area contributed by atoms with Crippen molar-refractivity contribution in [3.63, 3.8) is 0 Å². The van der Waals surface area contributed by atoms with Crippen molar-refractivity contribution in [1.29, 1.82) is 0 Å². The maximum absolute atomic E-state index is 12.6. The lowest BCUT2D eigenvalue weighted by molar-refractivity contribution is 0.0936. The van der Waals surface area contributed by atoms with E-state index in [1.54, 1.807) is 30.3 Å². The molecule has 1 unspecified atom stereocenters. The largest absolute Gasteiger partial charge is 0.392 e. The second kappa shape index (κ2) is 6.31. The van der Waals surface area contributed by atoms with Crippen LogP contribution in [0.3, 0.4) is 0 Å². The van der Waals surface area contributed by atoms with Gasteiger partial charge in [0.2, 0.25) is 0 Å². The molecule has 1 aliphatic rings. The Kier molecular flexibility index (Phi) is 3.97. The van der Waals surface area contributed by atoms with Crippen LogP contribution in [0.2, 0.25) is 0 Å². The highest BCUT2D eigenvalue weighted by molar-refractivity contribution is 6.08. The molecule has 6 nitrogen and oxygen atoms in total. The number of fused-ring (bicyclic) bond motifs is 3. The van der Waals surface area contributed by atoms with E-state index < -0.39 is 0 Å². The third-order valence-electron chi connectivity index (χ3n) is 4.76. The number of benzene rings is 2. The van der Waals surface area contributed by atoms with E-state index >= 15 is 0 Å². The fraction of sp³-hybridized carbons (Fsp3) is 0.200. The van der Waals surface area contributed by atoms with Crippen molar-refractivity contribution in [2.45, 2.75) is 19.4 Å². The molecule has 6 heteroatoms. The summed E-state index contributed by atoms with van der Waals surface area (Å²) in [5.74, 6) is -0.165. The minimum Gasteiger partial charge on any atom is -0.392 e. The maximum Gasteiger partial charge on any atom is 0.268 e. The van der Waals surface area contributed by atoms with Gasteiger partial charge >= 0.3 is 0 Å². The molecule has 2 amide bonds. The predicted octanol–water partition coefficient (Wildman–Crippen LogP) is 2.76. The zero-order chi connectivity index (χ0) is 18.3. The van der Waals surface area contributed by atoms with Crippen molar-refractivity contribution < 1.29 is 14.7 Å². The number of H-pyrrole nitrogens is 1. The monoisotopic (exact) mass is 349 g/mol. The van der Waals surface area contributed by atoms with Crippen LogP contribution in [0.4, 0.5) is 5.69 Å². The second-order valence-electron chi connectivity index (χ2n) is 6.60. The van der Waals surface area contributed by atoms with Gasteiger partial charge in [0.1, 0.15) is 5.69 Å². The Bertz CT molecular complexity index is 1020. The number of hydrogen-bond donors (Lipinski definition) is 4. The molecule has 2 aromatic carbocycles. The number of carbonyl (C=O) groups excluding carboxylic acids is 2. The molecule has 4 rings (SSSR count). The molecular weight excluding hydrogens is 330 g/mol. The summed E-state index contributed by atoms with van der Waals surface area (Å²) in [4.78, 5) is 27.9. The average molecular weight is 349 g/mol. The van der Waals surface area contributed by atoms with Crippen LogP contribution in [0.25, 0.3) is 10.9 Å². The van der Waals surface area contributed by atoms with Crippen molar-refractivity contribution in [3.05, 3.63) is 64.8 Å². The zero-order valence-electron chi connectivity index (χ0n) is 14.3. The van der Waals surface area contributed by atoms with Crippen LogP contribution in [0.1, 0.15) is 44.8 Å². The van der Waals surface area contributed by atoms with E-state index in [0.29, 0.717) is 23.5 Å². The van der Waals surface area contributed by atoms with Gasteiger partial charge in [0.05, 0.1) is 6.61 Å². The second-order valence-corrected chi connectivity index (χ2v) is 6.60. The molecule has 4 N–H and O–H groups in total. The number of rotatable bonds is 3. The SMILES string of the molecule is CC1CNC(=O)c2[nH]c3ccc(C(=O)Nc4cccc(CO)c4)cc3c21. The van der Waals surface area contributed by atoms with E-state index in [1.165, 1.54) is 0 Å². The van der Waals surface area contributed by atoms with Crippen LogP contribution in [0, 0.1) is 0 Å². The molecule has 0 bridgehead atoms. The van der Waals surface area contributed by atoms with Gasteiger partial charge in [0.15, 0.2) is 0 Å². The number of carbonyl (C=O) groups is 2. The summed E-state index contributed by atoms with van der Waals surface area (Å²) < 4.78 is 0. The molecule has 0 saturated carbocycles. The van der Waals surface area contributed by atoms with Crippen LogP contribution in [-0.4, -0.2) is 28.4 Å². The van der Waals surface area contributed by atoms with Crippen LogP contribution >= 0.6 is 0 Å². The molecule has 0 aliphatic carbocycles. The molecule has 1 aromatic heterocycles. The number of nitrogens with one attached hydrogen (secondary N) is 3. The molecule has 3 aromatic rings. The summed E-state index contributed by atoms with van der Waals surface area (Å²) in [7, 11) is 0. The first-order valence-electron chi connectivity index (χ1n) is 8.52. The van der Waals surface area contributed by atoms with Crippen LogP contribution in [0.5, 0.6) is 0 Å². The first-order valence-corrected chi connectivity index (χ1v) is 8.52. The topological polar surface area (TPSA) is 94.2 Å². The Hall–Kier alpha value is -3.12. The van der Waals surface area contributed by atoms with Gasteiger partial charge in [-0.05, 0) is 41.5 Å². The third kappa shape index (κ3) is 2.74. The fourth-order valence-electron chi connectivity index (χ4n) is 3.43. The molecule has 0 radical (unpaired) electrons. The van der Waals surface area contributed by atoms with Crippen molar-refractivity contribution in [2.75, 3.05) is 11.9 Å². The normalized spacial score (nSPS) is 16.2. The summed E-state index contributed by atoms with van der Waals surface area (Å²) in [6, 6.07) is 12.5. The standard InChI is InChI=1S/C20H19N3O3/c1-11-9-21-20(26)18-17(11)15-8-13(5-6-16(15)23-18)19(25)22-14-4-2-3-12(7-14)10-24/h2-8,11,23-24H,9-10H2,1H3,(H,21,26)(H,22,25). The number of hydrogen-bond acceptors (Lipinski definition) is 3. The van der Waals surface area contributed by atoms with Crippen molar-refractivity contribution >= 4 is 28.4 Å². The summed E-state index contributed by atoms with van der Waals surface area (Å²) in [6.45, 7) is 2.56. The minimum absolute atomic E-state index is 0.0783. The van der Waals surface area contributed by atoms with Gasteiger partial charge in [-0.3, -0.25) is 9.59 Å². The van der Waals surface area contributed by atoms with Gasteiger partial charge in [-0.2, -0.15) is 0 Å². The van der Waals surface area contributed by atoms with E-state index in [1.807, 2.05) is 12.1 Å². The van der Waals surface area contributed by atoms with Crippen LogP contribution < -0.4 is 10.6 Å². The highest BCUT2D eigenvalue weighted by atomic mass is 16.3. The molecule has 0 fully saturated rings. The van der Waals surface area contributed by atoms with Gasteiger partial charge in [-0.1, -0.05) is 19.1 Å². The molecule has 2 heterocycles. The zero-order valence-corrected chi connectivity index (χ0v) is 14.3. The molecule has 1 aliphatic heterocycles. The number of aliphatic hydroxyl groups excluding tert-OH is 1. The lowest BCUT2D eigenvalue weighted by Gasteiger charge is -2.19. The number of aromatic nitrogens is 1. The molecule has 0 saturated heterocycles. The first kappa shape index (κ1) is 16.4. The maximum atomic E-state index is 12.6. The summed E-state index contributed by atoms with van der Waals surface area (Å²) >= 11 is 0. The van der Waals surface area contributed by atoms with Crippen molar-refractivity contribution in [1.82, 2.24) is 10.3 Å². The smallest absolute Gasteiger partial charge is 0.268 e. The highest BCUT2D eigenvalue weighted by Crippen LogP contribution is 2.32. The molecule has 0 spiro atoms. The molecular formula is C20H19N3O3. The van der Waals surface area contributed by atoms with Crippen molar-refractivity contribution in [2.24, 2.45) is 0 Å².